The number of aliphatic imine (C=N–C) groups is 1. The van der Waals surface area contributed by atoms with Crippen molar-refractivity contribution >= 4 is 45.6 Å². The van der Waals surface area contributed by atoms with Crippen molar-refractivity contribution < 1.29 is 8.42 Å². The van der Waals surface area contributed by atoms with Gasteiger partial charge in [-0.1, -0.05) is 31.0 Å². The van der Waals surface area contributed by atoms with Gasteiger partial charge in [0, 0.05) is 30.7 Å². The zero-order chi connectivity index (χ0) is 17.9. The summed E-state index contributed by atoms with van der Waals surface area (Å²) in [6.07, 6.45) is 6.20. The summed E-state index contributed by atoms with van der Waals surface area (Å²) in [6.45, 7) is 4.52. The number of anilines is 1. The Balaban J connectivity index is 0.00000243. The number of nitrogens with one attached hydrogen (secondary N) is 2. The maximum atomic E-state index is 11.2. The van der Waals surface area contributed by atoms with Gasteiger partial charge in [0.25, 0.3) is 0 Å². The summed E-state index contributed by atoms with van der Waals surface area (Å²) in [5.41, 5.74) is 2.92. The van der Waals surface area contributed by atoms with Gasteiger partial charge in [-0.2, -0.15) is 0 Å². The van der Waals surface area contributed by atoms with Crippen LogP contribution in [0.4, 0.5) is 5.69 Å². The van der Waals surface area contributed by atoms with Crippen LogP contribution in [0.5, 0.6) is 0 Å². The zero-order valence-corrected chi connectivity index (χ0v) is 18.6. The van der Waals surface area contributed by atoms with Crippen LogP contribution in [-0.4, -0.2) is 46.8 Å². The highest BCUT2D eigenvalue weighted by atomic mass is 127. The van der Waals surface area contributed by atoms with E-state index in [2.05, 4.69) is 51.1 Å². The molecule has 2 aliphatic rings. The van der Waals surface area contributed by atoms with Crippen molar-refractivity contribution in [2.45, 2.75) is 38.0 Å². The van der Waals surface area contributed by atoms with E-state index in [0.717, 1.165) is 19.0 Å². The Hall–Kier alpha value is -0.870. The molecule has 0 radical (unpaired) electrons. The molecule has 2 N–H and O–H groups in total. The second-order valence-electron chi connectivity index (χ2n) is 6.99. The van der Waals surface area contributed by atoms with Gasteiger partial charge in [0.2, 0.25) is 10.0 Å². The van der Waals surface area contributed by atoms with Crippen LogP contribution in [-0.2, 0) is 15.4 Å². The molecule has 0 unspecified atom stereocenters. The number of fused-ring (bicyclic) bond motifs is 2. The minimum atomic E-state index is -3.17. The van der Waals surface area contributed by atoms with Gasteiger partial charge in [-0.15, -0.1) is 24.0 Å². The molecule has 1 aliphatic heterocycles. The molecule has 146 valence electrons. The molecule has 8 heteroatoms. The van der Waals surface area contributed by atoms with Crippen molar-refractivity contribution in [2.24, 2.45) is 4.99 Å². The molecule has 6 nitrogen and oxygen atoms in total. The average Bonchev–Trinajstić information content (AvgIpc) is 3.17. The minimum Gasteiger partial charge on any atom is -0.356 e. The van der Waals surface area contributed by atoms with Crippen LogP contribution in [0.1, 0.15) is 38.2 Å². The number of para-hydroxylation sites is 1. The first kappa shape index (κ1) is 21.4. The second-order valence-corrected chi connectivity index (χ2v) is 8.83. The van der Waals surface area contributed by atoms with Crippen molar-refractivity contribution in [3.05, 3.63) is 29.8 Å². The molecule has 26 heavy (non-hydrogen) atoms. The third kappa shape index (κ3) is 4.69. The van der Waals surface area contributed by atoms with Gasteiger partial charge in [0.1, 0.15) is 0 Å². The van der Waals surface area contributed by atoms with Crippen LogP contribution >= 0.6 is 24.0 Å². The molecule has 1 aromatic rings. The predicted octanol–water partition coefficient (Wildman–Crippen LogP) is 2.45. The number of hydrogen-bond acceptors (Lipinski definition) is 3. The first-order valence-electron chi connectivity index (χ1n) is 9.05. The van der Waals surface area contributed by atoms with Gasteiger partial charge >= 0.3 is 0 Å². The van der Waals surface area contributed by atoms with E-state index in [4.69, 9.17) is 0 Å². The SMILES string of the molecule is CCNC(=NCCNS(C)(=O)=O)N1CC2(CCCC2)c2ccccc21.I. The Morgan fingerprint density at radius 1 is 1.27 bits per heavy atom. The number of nitrogens with zero attached hydrogens (tertiary/aromatic N) is 2. The fourth-order valence-electron chi connectivity index (χ4n) is 4.09. The van der Waals surface area contributed by atoms with Crippen LogP contribution in [0.25, 0.3) is 0 Å². The summed E-state index contributed by atoms with van der Waals surface area (Å²) in [4.78, 5) is 6.94. The molecular weight excluding hydrogens is 463 g/mol. The van der Waals surface area contributed by atoms with Crippen LogP contribution in [0.2, 0.25) is 0 Å². The van der Waals surface area contributed by atoms with Gasteiger partial charge in [0.15, 0.2) is 5.96 Å². The lowest BCUT2D eigenvalue weighted by Crippen LogP contribution is -2.43. The number of halogens is 1. The highest BCUT2D eigenvalue weighted by Gasteiger charge is 2.45. The van der Waals surface area contributed by atoms with Gasteiger partial charge in [-0.3, -0.25) is 4.99 Å². The van der Waals surface area contributed by atoms with E-state index in [1.807, 2.05) is 0 Å². The van der Waals surface area contributed by atoms with Crippen molar-refractivity contribution in [1.29, 1.82) is 0 Å². The van der Waals surface area contributed by atoms with E-state index in [1.165, 1.54) is 43.2 Å². The highest BCUT2D eigenvalue weighted by molar-refractivity contribution is 14.0. The first-order chi connectivity index (χ1) is 12.0. The Morgan fingerprint density at radius 3 is 2.62 bits per heavy atom. The molecule has 1 aromatic carbocycles. The smallest absolute Gasteiger partial charge is 0.208 e. The Morgan fingerprint density at radius 2 is 1.96 bits per heavy atom. The molecule has 1 saturated carbocycles. The fraction of sp³-hybridized carbons (Fsp3) is 0.611. The lowest BCUT2D eigenvalue weighted by atomic mass is 9.81. The molecule has 1 aliphatic carbocycles. The summed E-state index contributed by atoms with van der Waals surface area (Å²) in [6, 6.07) is 8.64. The first-order valence-corrected chi connectivity index (χ1v) is 10.9. The molecule has 0 atom stereocenters. The lowest BCUT2D eigenvalue weighted by molar-refractivity contribution is 0.478. The van der Waals surface area contributed by atoms with Crippen molar-refractivity contribution in [2.75, 3.05) is 37.3 Å². The highest BCUT2D eigenvalue weighted by Crippen LogP contribution is 2.50. The van der Waals surface area contributed by atoms with Crippen molar-refractivity contribution in [3.63, 3.8) is 0 Å². The van der Waals surface area contributed by atoms with E-state index in [-0.39, 0.29) is 29.4 Å². The van der Waals surface area contributed by atoms with Crippen LogP contribution in [0.3, 0.4) is 0 Å². The minimum absolute atomic E-state index is 0. The number of benzene rings is 1. The molecule has 0 saturated heterocycles. The quantitative estimate of drug-likeness (QED) is 0.287. The average molecular weight is 492 g/mol. The molecule has 0 amide bonds. The summed E-state index contributed by atoms with van der Waals surface area (Å²) in [7, 11) is -3.17. The Labute approximate surface area is 173 Å². The monoisotopic (exact) mass is 492 g/mol. The maximum Gasteiger partial charge on any atom is 0.208 e. The second kappa shape index (κ2) is 8.88. The summed E-state index contributed by atoms with van der Waals surface area (Å²) in [5, 5.41) is 3.37. The predicted molar refractivity (Wildman–Crippen MR) is 118 cm³/mol. The Kier molecular flexibility index (Phi) is 7.32. The normalized spacial score (nSPS) is 18.7. The van der Waals surface area contributed by atoms with E-state index < -0.39 is 10.0 Å². The number of hydrogen-bond donors (Lipinski definition) is 2. The third-order valence-electron chi connectivity index (χ3n) is 5.12. The summed E-state index contributed by atoms with van der Waals surface area (Å²) >= 11 is 0. The van der Waals surface area contributed by atoms with Crippen molar-refractivity contribution in [1.82, 2.24) is 10.0 Å². The lowest BCUT2D eigenvalue weighted by Gasteiger charge is -2.26. The van der Waals surface area contributed by atoms with Crippen molar-refractivity contribution in [3.8, 4) is 0 Å². The number of guanidine groups is 1. The molecule has 0 aromatic heterocycles. The van der Waals surface area contributed by atoms with Crippen LogP contribution in [0, 0.1) is 0 Å². The molecule has 1 spiro atoms. The molecule has 1 heterocycles. The third-order valence-corrected chi connectivity index (χ3v) is 5.84. The van der Waals surface area contributed by atoms with Gasteiger partial charge in [-0.05, 0) is 31.4 Å². The largest absolute Gasteiger partial charge is 0.356 e. The number of sulfonamides is 1. The molecule has 1 fully saturated rings. The summed E-state index contributed by atoms with van der Waals surface area (Å²) in [5.74, 6) is 0.842. The topological polar surface area (TPSA) is 73.8 Å². The van der Waals surface area contributed by atoms with Gasteiger partial charge < -0.3 is 10.2 Å². The standard InChI is InChI=1S/C18H28N4O2S.HI/c1-3-19-17(20-12-13-21-25(2,23)24)22-14-18(10-6-7-11-18)15-8-4-5-9-16(15)22;/h4-5,8-9,21H,3,6-7,10-14H2,1-2H3,(H,19,20);1H. The zero-order valence-electron chi connectivity index (χ0n) is 15.5. The van der Waals surface area contributed by atoms with Crippen LogP contribution in [0.15, 0.2) is 29.3 Å². The van der Waals surface area contributed by atoms with E-state index in [0.29, 0.717) is 13.1 Å². The fourth-order valence-corrected chi connectivity index (χ4v) is 4.55. The molecular formula is C18H29IN4O2S. The summed E-state index contributed by atoms with van der Waals surface area (Å²) < 4.78 is 24.9. The van der Waals surface area contributed by atoms with E-state index in [9.17, 15) is 8.42 Å². The number of rotatable bonds is 5. The molecule has 3 rings (SSSR count). The molecule has 0 bridgehead atoms. The van der Waals surface area contributed by atoms with Gasteiger partial charge in [-0.25, -0.2) is 13.1 Å². The van der Waals surface area contributed by atoms with Crippen LogP contribution < -0.4 is 14.9 Å². The Bertz CT molecular complexity index is 745. The van der Waals surface area contributed by atoms with E-state index >= 15 is 0 Å². The van der Waals surface area contributed by atoms with E-state index in [1.54, 1.807) is 0 Å². The maximum absolute atomic E-state index is 11.2. The van der Waals surface area contributed by atoms with Gasteiger partial charge in [0.05, 0.1) is 12.8 Å².